The zero-order chi connectivity index (χ0) is 11.7. The Morgan fingerprint density at radius 1 is 1.75 bits per heavy atom. The molecule has 1 aromatic rings. The summed E-state index contributed by atoms with van der Waals surface area (Å²) in [4.78, 5) is 13.0. The number of ketones is 1. The summed E-state index contributed by atoms with van der Waals surface area (Å²) in [5.41, 5.74) is 0. The highest BCUT2D eigenvalue weighted by Gasteiger charge is 2.34. The van der Waals surface area contributed by atoms with Crippen molar-refractivity contribution in [3.05, 3.63) is 19.8 Å². The molecule has 2 nitrogen and oxygen atoms in total. The van der Waals surface area contributed by atoms with Crippen LogP contribution in [-0.4, -0.2) is 18.5 Å². The van der Waals surface area contributed by atoms with Crippen LogP contribution in [0.3, 0.4) is 0 Å². The van der Waals surface area contributed by atoms with Crippen molar-refractivity contribution in [3.63, 3.8) is 0 Å². The fourth-order valence-corrected chi connectivity index (χ4v) is 3.71. The Kier molecular flexibility index (Phi) is 4.06. The Labute approximate surface area is 112 Å². The molecule has 0 radical (unpaired) electrons. The molecule has 0 aliphatic carbocycles. The zero-order valence-corrected chi connectivity index (χ0v) is 12.0. The molecule has 2 atom stereocenters. The van der Waals surface area contributed by atoms with Crippen molar-refractivity contribution in [1.29, 1.82) is 0 Å². The van der Waals surface area contributed by atoms with Gasteiger partial charge in [-0.1, -0.05) is 18.5 Å². The molecule has 1 saturated heterocycles. The smallest absolute Gasteiger partial charge is 0.178 e. The van der Waals surface area contributed by atoms with E-state index in [1.54, 1.807) is 6.07 Å². The van der Waals surface area contributed by atoms with Gasteiger partial charge < -0.3 is 4.74 Å². The molecule has 1 aromatic heterocycles. The highest BCUT2D eigenvalue weighted by molar-refractivity contribution is 9.10. The Morgan fingerprint density at radius 2 is 2.50 bits per heavy atom. The first-order chi connectivity index (χ1) is 7.63. The molecule has 0 aromatic carbocycles. The molecular weight excluding hydrogens is 312 g/mol. The van der Waals surface area contributed by atoms with E-state index >= 15 is 0 Å². The zero-order valence-electron chi connectivity index (χ0n) is 8.83. The summed E-state index contributed by atoms with van der Waals surface area (Å²) >= 11 is 10.6. The van der Waals surface area contributed by atoms with Crippen molar-refractivity contribution in [1.82, 2.24) is 0 Å². The molecule has 1 aliphatic heterocycles. The minimum Gasteiger partial charge on any atom is -0.377 e. The maximum atomic E-state index is 12.2. The molecule has 0 amide bonds. The molecule has 0 N–H and O–H groups in total. The normalized spacial score (nSPS) is 24.9. The van der Waals surface area contributed by atoms with Crippen LogP contribution in [-0.2, 0) is 4.74 Å². The van der Waals surface area contributed by atoms with Gasteiger partial charge in [-0.3, -0.25) is 4.79 Å². The van der Waals surface area contributed by atoms with Crippen molar-refractivity contribution >= 4 is 44.7 Å². The van der Waals surface area contributed by atoms with Crippen LogP contribution in [0, 0.1) is 5.92 Å². The molecule has 2 heterocycles. The molecule has 16 heavy (non-hydrogen) atoms. The van der Waals surface area contributed by atoms with Gasteiger partial charge in [-0.2, -0.15) is 0 Å². The SMILES string of the molecule is CCC1OCCC1C(=O)c1cc(Br)c(Cl)s1. The maximum Gasteiger partial charge on any atom is 0.178 e. The second-order valence-electron chi connectivity index (χ2n) is 3.81. The second-order valence-corrected chi connectivity index (χ2v) is 6.32. The number of hydrogen-bond donors (Lipinski definition) is 0. The van der Waals surface area contributed by atoms with Gasteiger partial charge in [0, 0.05) is 11.1 Å². The molecule has 88 valence electrons. The van der Waals surface area contributed by atoms with Gasteiger partial charge in [0.25, 0.3) is 0 Å². The predicted octanol–water partition coefficient (Wildman–Crippen LogP) is 4.16. The average molecular weight is 324 g/mol. The number of ether oxygens (including phenoxy) is 1. The fraction of sp³-hybridized carbons (Fsp3) is 0.545. The van der Waals surface area contributed by atoms with Crippen molar-refractivity contribution in [3.8, 4) is 0 Å². The highest BCUT2D eigenvalue weighted by Crippen LogP contribution is 2.35. The number of rotatable bonds is 3. The van der Waals surface area contributed by atoms with Gasteiger partial charge in [-0.15, -0.1) is 11.3 Å². The van der Waals surface area contributed by atoms with Crippen molar-refractivity contribution in [2.75, 3.05) is 6.61 Å². The van der Waals surface area contributed by atoms with Gasteiger partial charge in [-0.05, 0) is 34.8 Å². The third-order valence-corrected chi connectivity index (χ3v) is 5.33. The van der Waals surface area contributed by atoms with Crippen molar-refractivity contribution in [2.24, 2.45) is 5.92 Å². The van der Waals surface area contributed by atoms with Crippen LogP contribution in [0.15, 0.2) is 10.5 Å². The molecule has 5 heteroatoms. The molecular formula is C11H12BrClO2S. The van der Waals surface area contributed by atoms with E-state index in [1.807, 2.05) is 6.92 Å². The topological polar surface area (TPSA) is 26.3 Å². The minimum absolute atomic E-state index is 0.00613. The highest BCUT2D eigenvalue weighted by atomic mass is 79.9. The van der Waals surface area contributed by atoms with E-state index in [2.05, 4.69) is 15.9 Å². The van der Waals surface area contributed by atoms with E-state index in [1.165, 1.54) is 11.3 Å². The van der Waals surface area contributed by atoms with Crippen molar-refractivity contribution < 1.29 is 9.53 Å². The Bertz CT molecular complexity index is 385. The molecule has 0 saturated carbocycles. The maximum absolute atomic E-state index is 12.2. The summed E-state index contributed by atoms with van der Waals surface area (Å²) in [6.45, 7) is 2.74. The number of carbonyl (C=O) groups excluding carboxylic acids is 1. The van der Waals surface area contributed by atoms with Gasteiger partial charge in [0.1, 0.15) is 4.34 Å². The summed E-state index contributed by atoms with van der Waals surface area (Å²) in [7, 11) is 0. The quantitative estimate of drug-likeness (QED) is 0.781. The van der Waals surface area contributed by atoms with Crippen LogP contribution in [0.2, 0.25) is 4.34 Å². The first-order valence-corrected chi connectivity index (χ1v) is 7.23. The average Bonchev–Trinajstić information content (AvgIpc) is 2.85. The Hall–Kier alpha value is 0.1000. The number of carbonyl (C=O) groups is 1. The number of halogens is 2. The number of Topliss-reactive ketones (excluding diaryl/α,β-unsaturated/α-hetero) is 1. The third kappa shape index (κ3) is 2.35. The number of thiophene rings is 1. The van der Waals surface area contributed by atoms with E-state index in [0.29, 0.717) is 10.9 Å². The largest absolute Gasteiger partial charge is 0.377 e. The van der Waals surface area contributed by atoms with Crippen LogP contribution in [0.5, 0.6) is 0 Å². The van der Waals surface area contributed by atoms with E-state index in [4.69, 9.17) is 16.3 Å². The van der Waals surface area contributed by atoms with Crippen molar-refractivity contribution in [2.45, 2.75) is 25.9 Å². The lowest BCUT2D eigenvalue weighted by molar-refractivity contribution is 0.0692. The van der Waals surface area contributed by atoms with Gasteiger partial charge in [0.05, 0.1) is 16.9 Å². The summed E-state index contributed by atoms with van der Waals surface area (Å²) in [6.07, 6.45) is 1.79. The standard InChI is InChI=1S/C11H12BrClO2S/c1-2-8-6(3-4-15-8)10(14)9-5-7(12)11(13)16-9/h5-6,8H,2-4H2,1H3. The number of hydrogen-bond acceptors (Lipinski definition) is 3. The summed E-state index contributed by atoms with van der Waals surface area (Å²) in [6, 6.07) is 1.81. The summed E-state index contributed by atoms with van der Waals surface area (Å²) in [5.74, 6) is 0.175. The van der Waals surface area contributed by atoms with Crippen LogP contribution in [0.25, 0.3) is 0 Å². The molecule has 0 bridgehead atoms. The van der Waals surface area contributed by atoms with Gasteiger partial charge >= 0.3 is 0 Å². The molecule has 2 unspecified atom stereocenters. The van der Waals surface area contributed by atoms with Gasteiger partial charge in [-0.25, -0.2) is 0 Å². The van der Waals surface area contributed by atoms with E-state index in [9.17, 15) is 4.79 Å². The first-order valence-electron chi connectivity index (χ1n) is 5.24. The first kappa shape index (κ1) is 12.6. The Morgan fingerprint density at radius 3 is 3.06 bits per heavy atom. The third-order valence-electron chi connectivity index (χ3n) is 2.84. The summed E-state index contributed by atoms with van der Waals surface area (Å²) < 4.78 is 6.97. The van der Waals surface area contributed by atoms with Crippen LogP contribution in [0.4, 0.5) is 0 Å². The van der Waals surface area contributed by atoms with Crippen LogP contribution < -0.4 is 0 Å². The predicted molar refractivity (Wildman–Crippen MR) is 69.5 cm³/mol. The molecule has 0 spiro atoms. The lowest BCUT2D eigenvalue weighted by Crippen LogP contribution is -2.23. The Balaban J connectivity index is 2.18. The van der Waals surface area contributed by atoms with E-state index in [0.717, 1.165) is 22.2 Å². The summed E-state index contributed by atoms with van der Waals surface area (Å²) in [5, 5.41) is 0. The van der Waals surface area contributed by atoms with E-state index < -0.39 is 0 Å². The molecule has 2 rings (SSSR count). The van der Waals surface area contributed by atoms with E-state index in [-0.39, 0.29) is 17.8 Å². The molecule has 1 aliphatic rings. The van der Waals surface area contributed by atoms with Gasteiger partial charge in [0.15, 0.2) is 5.78 Å². The lowest BCUT2D eigenvalue weighted by Gasteiger charge is -2.14. The monoisotopic (exact) mass is 322 g/mol. The second kappa shape index (κ2) is 5.17. The lowest BCUT2D eigenvalue weighted by atomic mass is 9.94. The fourth-order valence-electron chi connectivity index (χ4n) is 2.00. The molecule has 1 fully saturated rings. The van der Waals surface area contributed by atoms with Crippen LogP contribution in [0.1, 0.15) is 29.4 Å². The van der Waals surface area contributed by atoms with Gasteiger partial charge in [0.2, 0.25) is 0 Å². The minimum atomic E-state index is 0.00613. The van der Waals surface area contributed by atoms with Crippen LogP contribution >= 0.6 is 38.9 Å².